The fourth-order valence-corrected chi connectivity index (χ4v) is 3.59. The van der Waals surface area contributed by atoms with E-state index in [0.717, 1.165) is 34.4 Å². The first-order valence-corrected chi connectivity index (χ1v) is 8.93. The van der Waals surface area contributed by atoms with Gasteiger partial charge in [0.2, 0.25) is 0 Å². The molecule has 0 bridgehead atoms. The van der Waals surface area contributed by atoms with Crippen LogP contribution in [-0.4, -0.2) is 15.0 Å². The number of para-hydroxylation sites is 1. The predicted molar refractivity (Wildman–Crippen MR) is 105 cm³/mol. The molecular weight excluding hydrogens is 320 g/mol. The van der Waals surface area contributed by atoms with Gasteiger partial charge in [-0.05, 0) is 66.8 Å². The van der Waals surface area contributed by atoms with Gasteiger partial charge in [0, 0.05) is 29.0 Å². The van der Waals surface area contributed by atoms with Crippen LogP contribution in [0.2, 0.25) is 0 Å². The molecule has 4 nitrogen and oxygen atoms in total. The summed E-state index contributed by atoms with van der Waals surface area (Å²) in [5.41, 5.74) is 5.89. The molecule has 126 valence electrons. The van der Waals surface area contributed by atoms with Crippen LogP contribution in [-0.2, 0) is 12.8 Å². The van der Waals surface area contributed by atoms with Crippen molar-refractivity contribution in [3.8, 4) is 11.4 Å². The fraction of sp³-hybridized carbons (Fsp3) is 0.136. The highest BCUT2D eigenvalue weighted by molar-refractivity contribution is 5.92. The van der Waals surface area contributed by atoms with Gasteiger partial charge in [-0.25, -0.2) is 9.97 Å². The van der Waals surface area contributed by atoms with Crippen molar-refractivity contribution in [1.82, 2.24) is 15.0 Å². The van der Waals surface area contributed by atoms with Crippen molar-refractivity contribution >= 4 is 22.4 Å². The lowest BCUT2D eigenvalue weighted by Crippen LogP contribution is -2.00. The molecule has 0 atom stereocenters. The number of fused-ring (bicyclic) bond motifs is 2. The second kappa shape index (κ2) is 6.23. The normalized spacial score (nSPS) is 12.9. The zero-order valence-corrected chi connectivity index (χ0v) is 14.3. The molecule has 4 aromatic rings. The first kappa shape index (κ1) is 15.0. The van der Waals surface area contributed by atoms with Crippen LogP contribution in [0, 0.1) is 0 Å². The van der Waals surface area contributed by atoms with Crippen molar-refractivity contribution < 1.29 is 0 Å². The average molecular weight is 338 g/mol. The molecule has 26 heavy (non-hydrogen) atoms. The first-order chi connectivity index (χ1) is 12.9. The predicted octanol–water partition coefficient (Wildman–Crippen LogP) is 4.92. The highest BCUT2D eigenvalue weighted by atomic mass is 15.0. The van der Waals surface area contributed by atoms with Gasteiger partial charge in [-0.15, -0.1) is 0 Å². The minimum absolute atomic E-state index is 0.703. The maximum absolute atomic E-state index is 4.81. The number of aromatic nitrogens is 3. The summed E-state index contributed by atoms with van der Waals surface area (Å²) in [7, 11) is 0. The number of pyridine rings is 1. The van der Waals surface area contributed by atoms with Gasteiger partial charge in [-0.3, -0.25) is 4.98 Å². The number of hydrogen-bond acceptors (Lipinski definition) is 4. The largest absolute Gasteiger partial charge is 0.340 e. The number of benzene rings is 2. The Hall–Kier alpha value is -3.27. The molecule has 5 rings (SSSR count). The molecule has 0 radical (unpaired) electrons. The lowest BCUT2D eigenvalue weighted by molar-refractivity contribution is 0.912. The van der Waals surface area contributed by atoms with Gasteiger partial charge in [0.15, 0.2) is 5.82 Å². The second-order valence-corrected chi connectivity index (χ2v) is 6.61. The average Bonchev–Trinajstić information content (AvgIpc) is 3.16. The summed E-state index contributed by atoms with van der Waals surface area (Å²) in [5.74, 6) is 1.54. The zero-order chi connectivity index (χ0) is 17.3. The van der Waals surface area contributed by atoms with E-state index in [-0.39, 0.29) is 0 Å². The van der Waals surface area contributed by atoms with Crippen molar-refractivity contribution in [2.75, 3.05) is 5.32 Å². The monoisotopic (exact) mass is 338 g/mol. The SMILES string of the molecule is c1ccc2c(Nc3ccc4c(c3)CCC4)nc(-c3ccncc3)nc2c1. The Morgan fingerprint density at radius 2 is 1.65 bits per heavy atom. The molecule has 2 heterocycles. The van der Waals surface area contributed by atoms with E-state index in [0.29, 0.717) is 5.82 Å². The Balaban J connectivity index is 1.62. The van der Waals surface area contributed by atoms with Crippen molar-refractivity contribution in [2.45, 2.75) is 19.3 Å². The third-order valence-electron chi connectivity index (χ3n) is 4.90. The van der Waals surface area contributed by atoms with E-state index in [2.05, 4.69) is 34.6 Å². The first-order valence-electron chi connectivity index (χ1n) is 8.93. The summed E-state index contributed by atoms with van der Waals surface area (Å²) in [6.45, 7) is 0. The van der Waals surface area contributed by atoms with Gasteiger partial charge in [-0.2, -0.15) is 0 Å². The van der Waals surface area contributed by atoms with Crippen molar-refractivity contribution in [1.29, 1.82) is 0 Å². The summed E-state index contributed by atoms with van der Waals surface area (Å²) < 4.78 is 0. The summed E-state index contributed by atoms with van der Waals surface area (Å²) in [4.78, 5) is 13.6. The molecule has 0 spiro atoms. The second-order valence-electron chi connectivity index (χ2n) is 6.61. The van der Waals surface area contributed by atoms with Crippen LogP contribution in [0.4, 0.5) is 11.5 Å². The molecule has 0 saturated heterocycles. The van der Waals surface area contributed by atoms with Gasteiger partial charge >= 0.3 is 0 Å². The Morgan fingerprint density at radius 3 is 2.58 bits per heavy atom. The number of nitrogens with one attached hydrogen (secondary N) is 1. The van der Waals surface area contributed by atoms with Crippen LogP contribution in [0.25, 0.3) is 22.3 Å². The minimum Gasteiger partial charge on any atom is -0.340 e. The molecule has 0 saturated carbocycles. The topological polar surface area (TPSA) is 50.7 Å². The smallest absolute Gasteiger partial charge is 0.162 e. The zero-order valence-electron chi connectivity index (χ0n) is 14.3. The molecular formula is C22H18N4. The maximum Gasteiger partial charge on any atom is 0.162 e. The van der Waals surface area contributed by atoms with E-state index < -0.39 is 0 Å². The number of hydrogen-bond donors (Lipinski definition) is 1. The summed E-state index contributed by atoms with van der Waals surface area (Å²) >= 11 is 0. The van der Waals surface area contributed by atoms with E-state index >= 15 is 0 Å². The van der Waals surface area contributed by atoms with Gasteiger partial charge < -0.3 is 5.32 Å². The van der Waals surface area contributed by atoms with E-state index in [1.54, 1.807) is 12.4 Å². The number of nitrogens with zero attached hydrogens (tertiary/aromatic N) is 3. The van der Waals surface area contributed by atoms with Gasteiger partial charge in [0.1, 0.15) is 5.82 Å². The van der Waals surface area contributed by atoms with E-state index in [1.807, 2.05) is 30.3 Å². The Kier molecular flexibility index (Phi) is 3.60. The van der Waals surface area contributed by atoms with Crippen LogP contribution in [0.15, 0.2) is 67.0 Å². The Labute approximate surface area is 152 Å². The molecule has 2 aromatic carbocycles. The molecule has 4 heteroatoms. The lowest BCUT2D eigenvalue weighted by Gasteiger charge is -2.12. The Morgan fingerprint density at radius 1 is 0.808 bits per heavy atom. The highest BCUT2D eigenvalue weighted by Gasteiger charge is 2.13. The van der Waals surface area contributed by atoms with E-state index in [4.69, 9.17) is 9.97 Å². The third kappa shape index (κ3) is 2.69. The maximum atomic E-state index is 4.81. The van der Waals surface area contributed by atoms with Crippen molar-refractivity contribution in [2.24, 2.45) is 0 Å². The molecule has 0 aliphatic heterocycles. The molecule has 1 aliphatic rings. The third-order valence-corrected chi connectivity index (χ3v) is 4.90. The van der Waals surface area contributed by atoms with Crippen LogP contribution in [0.1, 0.15) is 17.5 Å². The molecule has 1 aliphatic carbocycles. The molecule has 0 unspecified atom stereocenters. The minimum atomic E-state index is 0.703. The molecule has 1 N–H and O–H groups in total. The number of anilines is 2. The molecule has 2 aromatic heterocycles. The van der Waals surface area contributed by atoms with Crippen molar-refractivity contribution in [3.05, 3.63) is 78.1 Å². The van der Waals surface area contributed by atoms with Crippen LogP contribution in [0.3, 0.4) is 0 Å². The number of rotatable bonds is 3. The standard InChI is InChI=1S/C22H18N4/c1-2-7-20-19(6-1)22(26-21(25-20)16-10-12-23-13-11-16)24-18-9-8-15-4-3-5-17(15)14-18/h1-2,6-14H,3-5H2,(H,24,25,26). The molecule has 0 amide bonds. The van der Waals surface area contributed by atoms with Crippen LogP contribution < -0.4 is 5.32 Å². The van der Waals surface area contributed by atoms with Crippen LogP contribution >= 0.6 is 0 Å². The van der Waals surface area contributed by atoms with Crippen LogP contribution in [0.5, 0.6) is 0 Å². The lowest BCUT2D eigenvalue weighted by atomic mass is 10.1. The Bertz CT molecular complexity index is 1090. The number of aryl methyl sites for hydroxylation is 2. The molecule has 0 fully saturated rings. The van der Waals surface area contributed by atoms with E-state index in [1.165, 1.54) is 24.0 Å². The summed E-state index contributed by atoms with van der Waals surface area (Å²) in [6, 6.07) is 18.6. The van der Waals surface area contributed by atoms with Gasteiger partial charge in [0.05, 0.1) is 5.52 Å². The van der Waals surface area contributed by atoms with E-state index in [9.17, 15) is 0 Å². The fourth-order valence-electron chi connectivity index (χ4n) is 3.59. The highest BCUT2D eigenvalue weighted by Crippen LogP contribution is 2.30. The summed E-state index contributed by atoms with van der Waals surface area (Å²) in [6.07, 6.45) is 7.14. The quantitative estimate of drug-likeness (QED) is 0.576. The van der Waals surface area contributed by atoms with Gasteiger partial charge in [0.25, 0.3) is 0 Å². The summed E-state index contributed by atoms with van der Waals surface area (Å²) in [5, 5.41) is 4.54. The van der Waals surface area contributed by atoms with Gasteiger partial charge in [-0.1, -0.05) is 18.2 Å². The van der Waals surface area contributed by atoms with Crippen molar-refractivity contribution in [3.63, 3.8) is 0 Å².